The molecule has 162 valence electrons. The second-order valence-corrected chi connectivity index (χ2v) is 8.02. The summed E-state index contributed by atoms with van der Waals surface area (Å²) in [5.41, 5.74) is 10.8. The van der Waals surface area contributed by atoms with E-state index in [9.17, 15) is 0 Å². The molecule has 0 radical (unpaired) electrons. The minimum absolute atomic E-state index is 0.747. The first-order valence-electron chi connectivity index (χ1n) is 10.9. The molecule has 1 aliphatic rings. The zero-order chi connectivity index (χ0) is 21.8. The predicted molar refractivity (Wildman–Crippen MR) is 133 cm³/mol. The van der Waals surface area contributed by atoms with E-state index >= 15 is 0 Å². The summed E-state index contributed by atoms with van der Waals surface area (Å²) in [6, 6.07) is 23.0. The minimum Gasteiger partial charge on any atom is -0.378 e. The van der Waals surface area contributed by atoms with Crippen LogP contribution in [0.5, 0.6) is 0 Å². The van der Waals surface area contributed by atoms with Crippen LogP contribution in [0.25, 0.3) is 10.9 Å². The first kappa shape index (κ1) is 20.2. The van der Waals surface area contributed by atoms with E-state index in [-0.39, 0.29) is 0 Å². The van der Waals surface area contributed by atoms with Crippen LogP contribution >= 0.6 is 0 Å². The molecule has 0 saturated carbocycles. The van der Waals surface area contributed by atoms with Crippen LogP contribution in [-0.4, -0.2) is 37.5 Å². The van der Waals surface area contributed by atoms with Crippen LogP contribution in [0, 0.1) is 6.92 Å². The summed E-state index contributed by atoms with van der Waals surface area (Å²) in [7, 11) is 0. The van der Waals surface area contributed by atoms with Crippen LogP contribution in [0.2, 0.25) is 0 Å². The molecule has 4 aromatic rings. The third-order valence-corrected chi connectivity index (χ3v) is 5.65. The van der Waals surface area contributed by atoms with Crippen molar-refractivity contribution in [3.63, 3.8) is 0 Å². The molecule has 0 aliphatic carbocycles. The number of hydrazone groups is 1. The van der Waals surface area contributed by atoms with Gasteiger partial charge in [-0.05, 0) is 43.3 Å². The maximum Gasteiger partial charge on any atom is 0.0642 e. The summed E-state index contributed by atoms with van der Waals surface area (Å²) in [4.78, 5) is 5.63. The average Bonchev–Trinajstić information content (AvgIpc) is 3.24. The van der Waals surface area contributed by atoms with Gasteiger partial charge in [0.05, 0.1) is 25.1 Å². The fraction of sp³-hybridized carbons (Fsp3) is 0.192. The van der Waals surface area contributed by atoms with E-state index in [0.29, 0.717) is 0 Å². The molecule has 3 N–H and O–H groups in total. The van der Waals surface area contributed by atoms with Crippen molar-refractivity contribution < 1.29 is 4.74 Å². The molecule has 1 fully saturated rings. The van der Waals surface area contributed by atoms with Crippen molar-refractivity contribution in [1.82, 2.24) is 4.98 Å². The molecule has 1 saturated heterocycles. The molecule has 0 unspecified atom stereocenters. The second-order valence-electron chi connectivity index (χ2n) is 8.02. The lowest BCUT2D eigenvalue weighted by Gasteiger charge is -2.29. The van der Waals surface area contributed by atoms with Crippen molar-refractivity contribution in [2.75, 3.05) is 41.9 Å². The zero-order valence-electron chi connectivity index (χ0n) is 18.1. The number of hydrogen-bond acceptors (Lipinski definition) is 5. The molecule has 1 aromatic heterocycles. The Balaban J connectivity index is 1.40. The summed E-state index contributed by atoms with van der Waals surface area (Å²) in [6.45, 7) is 5.35. The number of rotatable bonds is 6. The molecule has 6 heteroatoms. The van der Waals surface area contributed by atoms with Crippen LogP contribution in [0.15, 0.2) is 78.0 Å². The number of aromatic amines is 1. The Bertz CT molecular complexity index is 1220. The van der Waals surface area contributed by atoms with E-state index < -0.39 is 0 Å². The van der Waals surface area contributed by atoms with Crippen LogP contribution < -0.4 is 15.6 Å². The number of benzene rings is 3. The van der Waals surface area contributed by atoms with Gasteiger partial charge in [-0.15, -0.1) is 0 Å². The predicted octanol–water partition coefficient (Wildman–Crippen LogP) is 5.50. The minimum atomic E-state index is 0.747. The van der Waals surface area contributed by atoms with Crippen molar-refractivity contribution in [1.29, 1.82) is 0 Å². The van der Waals surface area contributed by atoms with Gasteiger partial charge in [0.25, 0.3) is 0 Å². The van der Waals surface area contributed by atoms with Gasteiger partial charge in [-0.2, -0.15) is 5.10 Å². The highest BCUT2D eigenvalue weighted by Gasteiger charge is 2.13. The maximum absolute atomic E-state index is 5.53. The Morgan fingerprint density at radius 2 is 1.72 bits per heavy atom. The first-order chi connectivity index (χ1) is 15.7. The fourth-order valence-electron chi connectivity index (χ4n) is 3.93. The lowest BCUT2D eigenvalue weighted by atomic mass is 10.2. The number of para-hydroxylation sites is 1. The third-order valence-electron chi connectivity index (χ3n) is 5.65. The summed E-state index contributed by atoms with van der Waals surface area (Å²) in [5.74, 6) is 0. The van der Waals surface area contributed by atoms with Gasteiger partial charge in [0, 0.05) is 52.8 Å². The fourth-order valence-corrected chi connectivity index (χ4v) is 3.93. The number of nitrogens with one attached hydrogen (secondary N) is 3. The molecule has 2 heterocycles. The number of fused-ring (bicyclic) bond motifs is 1. The van der Waals surface area contributed by atoms with Crippen molar-refractivity contribution >= 4 is 39.9 Å². The van der Waals surface area contributed by atoms with E-state index in [1.54, 1.807) is 0 Å². The molecule has 32 heavy (non-hydrogen) atoms. The van der Waals surface area contributed by atoms with Gasteiger partial charge in [0.2, 0.25) is 0 Å². The Hall–Kier alpha value is -3.77. The normalized spacial score (nSPS) is 14.2. The molecule has 0 atom stereocenters. The number of ether oxygens (including phenoxy) is 1. The number of aromatic nitrogens is 1. The summed E-state index contributed by atoms with van der Waals surface area (Å²) >= 11 is 0. The Morgan fingerprint density at radius 1 is 0.938 bits per heavy atom. The number of anilines is 4. The highest BCUT2D eigenvalue weighted by Crippen LogP contribution is 2.29. The van der Waals surface area contributed by atoms with Gasteiger partial charge in [-0.3, -0.25) is 5.43 Å². The van der Waals surface area contributed by atoms with E-state index in [1.165, 1.54) is 5.56 Å². The summed E-state index contributed by atoms with van der Waals surface area (Å²) < 4.78 is 5.53. The van der Waals surface area contributed by atoms with Crippen molar-refractivity contribution in [3.05, 3.63) is 84.1 Å². The van der Waals surface area contributed by atoms with Gasteiger partial charge >= 0.3 is 0 Å². The third kappa shape index (κ3) is 4.60. The van der Waals surface area contributed by atoms with E-state index in [0.717, 1.165) is 65.5 Å². The molecule has 0 bridgehead atoms. The second kappa shape index (κ2) is 9.16. The Labute approximate surface area is 187 Å². The van der Waals surface area contributed by atoms with E-state index in [1.807, 2.05) is 24.5 Å². The van der Waals surface area contributed by atoms with Crippen molar-refractivity contribution in [2.45, 2.75) is 6.92 Å². The topological polar surface area (TPSA) is 64.7 Å². The van der Waals surface area contributed by atoms with Crippen LogP contribution in [0.1, 0.15) is 11.1 Å². The number of H-pyrrole nitrogens is 1. The molecule has 0 spiro atoms. The molecule has 0 amide bonds. The number of nitrogens with zero attached hydrogens (tertiary/aromatic N) is 2. The molecule has 6 nitrogen and oxygen atoms in total. The monoisotopic (exact) mass is 425 g/mol. The first-order valence-corrected chi connectivity index (χ1v) is 10.9. The number of morpholine rings is 1. The summed E-state index contributed by atoms with van der Waals surface area (Å²) in [5, 5.41) is 9.19. The molecular weight excluding hydrogens is 398 g/mol. The SMILES string of the molecule is Cc1ccc(Nc2cc(N/N=C\c3c[nH]c4ccccc34)cc(N3CCOCC3)c2)cc1. The van der Waals surface area contributed by atoms with Gasteiger partial charge in [0.15, 0.2) is 0 Å². The molecular formula is C26H27N5O. The highest BCUT2D eigenvalue weighted by atomic mass is 16.5. The number of aryl methyl sites for hydroxylation is 1. The molecule has 3 aromatic carbocycles. The van der Waals surface area contributed by atoms with Gasteiger partial charge in [0.1, 0.15) is 0 Å². The number of hydrogen-bond donors (Lipinski definition) is 3. The standard InChI is InChI=1S/C26H27N5O/c1-19-6-8-21(9-7-19)29-22-14-23(16-24(15-22)31-10-12-32-13-11-31)30-28-18-20-17-27-26-5-3-2-4-25(20)26/h2-9,14-18,27,29-30H,10-13H2,1H3/b28-18-. The maximum atomic E-state index is 5.53. The van der Waals surface area contributed by atoms with Crippen LogP contribution in [0.4, 0.5) is 22.7 Å². The molecule has 1 aliphatic heterocycles. The average molecular weight is 426 g/mol. The van der Waals surface area contributed by atoms with Gasteiger partial charge in [-0.1, -0.05) is 35.9 Å². The van der Waals surface area contributed by atoms with Gasteiger partial charge in [-0.25, -0.2) is 0 Å². The zero-order valence-corrected chi connectivity index (χ0v) is 18.1. The van der Waals surface area contributed by atoms with Crippen LogP contribution in [-0.2, 0) is 4.74 Å². The lowest BCUT2D eigenvalue weighted by molar-refractivity contribution is 0.122. The van der Waals surface area contributed by atoms with Gasteiger partial charge < -0.3 is 19.9 Å². The Morgan fingerprint density at radius 3 is 2.56 bits per heavy atom. The quantitative estimate of drug-likeness (QED) is 0.282. The van der Waals surface area contributed by atoms with Crippen LogP contribution in [0.3, 0.4) is 0 Å². The van der Waals surface area contributed by atoms with E-state index in [4.69, 9.17) is 4.74 Å². The smallest absolute Gasteiger partial charge is 0.0642 e. The van der Waals surface area contributed by atoms with E-state index in [2.05, 4.69) is 87.2 Å². The lowest BCUT2D eigenvalue weighted by Crippen LogP contribution is -2.36. The Kier molecular flexibility index (Phi) is 5.77. The highest BCUT2D eigenvalue weighted by molar-refractivity contribution is 5.99. The summed E-state index contributed by atoms with van der Waals surface area (Å²) in [6.07, 6.45) is 3.83. The van der Waals surface area contributed by atoms with Crippen molar-refractivity contribution in [3.8, 4) is 0 Å². The molecule has 5 rings (SSSR count). The largest absolute Gasteiger partial charge is 0.378 e. The van der Waals surface area contributed by atoms with Crippen molar-refractivity contribution in [2.24, 2.45) is 5.10 Å².